The first-order chi connectivity index (χ1) is 13.1. The standard InChI is InChI=1S/C19H17ClN4O3/c1-27-15-8-7-12(10-13(15)20)22-19(26)17-23-16(18(25)21-11-5-6-11)14-4-2-3-9-24(14)17/h2-4,7-11H,5-6H2,1H3,(H,21,25)(H,22,26). The summed E-state index contributed by atoms with van der Waals surface area (Å²) in [5.41, 5.74) is 1.32. The Bertz CT molecular complexity index is 1040. The van der Waals surface area contributed by atoms with Gasteiger partial charge in [0.1, 0.15) is 5.75 Å². The van der Waals surface area contributed by atoms with E-state index in [2.05, 4.69) is 15.6 Å². The first-order valence-corrected chi connectivity index (χ1v) is 8.87. The Morgan fingerprint density at radius 2 is 2.04 bits per heavy atom. The van der Waals surface area contributed by atoms with E-state index in [4.69, 9.17) is 16.3 Å². The number of nitrogens with zero attached hydrogens (tertiary/aromatic N) is 2. The average Bonchev–Trinajstić information content (AvgIpc) is 3.38. The summed E-state index contributed by atoms with van der Waals surface area (Å²) in [6.45, 7) is 0. The van der Waals surface area contributed by atoms with Gasteiger partial charge in [-0.2, -0.15) is 0 Å². The number of anilines is 1. The molecule has 3 aromatic rings. The lowest BCUT2D eigenvalue weighted by Crippen LogP contribution is -2.26. The summed E-state index contributed by atoms with van der Waals surface area (Å²) in [7, 11) is 1.52. The van der Waals surface area contributed by atoms with Gasteiger partial charge in [-0.05, 0) is 43.2 Å². The topological polar surface area (TPSA) is 84.7 Å². The fourth-order valence-corrected chi connectivity index (χ4v) is 3.04. The number of benzene rings is 1. The molecule has 138 valence electrons. The van der Waals surface area contributed by atoms with E-state index >= 15 is 0 Å². The number of hydrogen-bond donors (Lipinski definition) is 2. The van der Waals surface area contributed by atoms with Gasteiger partial charge in [0.25, 0.3) is 11.8 Å². The van der Waals surface area contributed by atoms with Gasteiger partial charge >= 0.3 is 0 Å². The third kappa shape index (κ3) is 3.46. The number of ether oxygens (including phenoxy) is 1. The van der Waals surface area contributed by atoms with Crippen LogP contribution in [0.4, 0.5) is 5.69 Å². The second kappa shape index (κ2) is 6.92. The minimum Gasteiger partial charge on any atom is -0.495 e. The Balaban J connectivity index is 1.65. The molecule has 0 aliphatic heterocycles. The van der Waals surface area contributed by atoms with Crippen molar-refractivity contribution in [2.75, 3.05) is 12.4 Å². The van der Waals surface area contributed by atoms with Gasteiger partial charge in [0.05, 0.1) is 17.6 Å². The highest BCUT2D eigenvalue weighted by Gasteiger charge is 2.27. The molecule has 0 radical (unpaired) electrons. The summed E-state index contributed by atoms with van der Waals surface area (Å²) in [5.74, 6) is -0.0749. The maximum atomic E-state index is 12.8. The maximum Gasteiger partial charge on any atom is 0.292 e. The van der Waals surface area contributed by atoms with Crippen molar-refractivity contribution in [3.63, 3.8) is 0 Å². The molecule has 2 amide bonds. The number of rotatable bonds is 5. The smallest absolute Gasteiger partial charge is 0.292 e. The van der Waals surface area contributed by atoms with E-state index in [0.717, 1.165) is 12.8 Å². The molecule has 1 saturated carbocycles. The normalized spacial score (nSPS) is 13.4. The molecule has 1 aromatic carbocycles. The SMILES string of the molecule is COc1ccc(NC(=O)c2nc(C(=O)NC3CC3)c3ccccn23)cc1Cl. The molecule has 27 heavy (non-hydrogen) atoms. The average molecular weight is 385 g/mol. The number of nitrogens with one attached hydrogen (secondary N) is 2. The van der Waals surface area contributed by atoms with E-state index in [1.165, 1.54) is 7.11 Å². The van der Waals surface area contributed by atoms with E-state index in [0.29, 0.717) is 22.0 Å². The summed E-state index contributed by atoms with van der Waals surface area (Å²) in [6.07, 6.45) is 3.65. The molecule has 2 aromatic heterocycles. The van der Waals surface area contributed by atoms with E-state index in [9.17, 15) is 9.59 Å². The molecule has 0 unspecified atom stereocenters. The van der Waals surface area contributed by atoms with E-state index in [-0.39, 0.29) is 23.5 Å². The van der Waals surface area contributed by atoms with Crippen LogP contribution in [0, 0.1) is 0 Å². The number of methoxy groups -OCH3 is 1. The molecule has 8 heteroatoms. The van der Waals surface area contributed by atoms with E-state index < -0.39 is 5.91 Å². The zero-order valence-electron chi connectivity index (χ0n) is 14.5. The van der Waals surface area contributed by atoms with Crippen LogP contribution in [-0.4, -0.2) is 34.4 Å². The molecule has 1 aliphatic carbocycles. The van der Waals surface area contributed by atoms with Gasteiger partial charge < -0.3 is 15.4 Å². The number of hydrogen-bond acceptors (Lipinski definition) is 4. The summed E-state index contributed by atoms with van der Waals surface area (Å²) >= 11 is 6.10. The van der Waals surface area contributed by atoms with Gasteiger partial charge in [-0.1, -0.05) is 17.7 Å². The van der Waals surface area contributed by atoms with Crippen molar-refractivity contribution in [3.05, 3.63) is 59.1 Å². The molecular weight excluding hydrogens is 368 g/mol. The summed E-state index contributed by atoms with van der Waals surface area (Å²) in [6, 6.07) is 10.5. The second-order valence-corrected chi connectivity index (χ2v) is 6.70. The minimum atomic E-state index is -0.442. The van der Waals surface area contributed by atoms with Crippen LogP contribution in [0.3, 0.4) is 0 Å². The van der Waals surface area contributed by atoms with Gasteiger partial charge in [-0.15, -0.1) is 0 Å². The number of carbonyl (C=O) groups excluding carboxylic acids is 2. The third-order valence-electron chi connectivity index (χ3n) is 4.29. The lowest BCUT2D eigenvalue weighted by molar-refractivity contribution is 0.0948. The molecule has 0 saturated heterocycles. The number of carbonyl (C=O) groups is 2. The van der Waals surface area contributed by atoms with Crippen LogP contribution in [0.25, 0.3) is 5.52 Å². The summed E-state index contributed by atoms with van der Waals surface area (Å²) in [5, 5.41) is 6.04. The molecule has 2 N–H and O–H groups in total. The first kappa shape index (κ1) is 17.4. The number of imidazole rings is 1. The largest absolute Gasteiger partial charge is 0.495 e. The Kier molecular flexibility index (Phi) is 4.45. The van der Waals surface area contributed by atoms with Gasteiger partial charge in [0.15, 0.2) is 5.69 Å². The highest BCUT2D eigenvalue weighted by molar-refractivity contribution is 6.32. The molecule has 4 rings (SSSR count). The van der Waals surface area contributed by atoms with E-state index in [1.807, 2.05) is 0 Å². The van der Waals surface area contributed by atoms with Gasteiger partial charge in [0.2, 0.25) is 5.82 Å². The van der Waals surface area contributed by atoms with Crippen LogP contribution in [-0.2, 0) is 0 Å². The van der Waals surface area contributed by atoms with Crippen LogP contribution < -0.4 is 15.4 Å². The molecule has 1 aliphatic rings. The Hall–Kier alpha value is -3.06. The number of pyridine rings is 1. The van der Waals surface area contributed by atoms with Crippen molar-refractivity contribution in [2.24, 2.45) is 0 Å². The Morgan fingerprint density at radius 1 is 1.22 bits per heavy atom. The summed E-state index contributed by atoms with van der Waals surface area (Å²) < 4.78 is 6.71. The van der Waals surface area contributed by atoms with Gasteiger partial charge in [0, 0.05) is 17.9 Å². The zero-order valence-corrected chi connectivity index (χ0v) is 15.3. The third-order valence-corrected chi connectivity index (χ3v) is 4.58. The Labute approximate surface area is 160 Å². The van der Waals surface area contributed by atoms with Crippen molar-refractivity contribution >= 4 is 34.6 Å². The van der Waals surface area contributed by atoms with Crippen molar-refractivity contribution in [3.8, 4) is 5.75 Å². The van der Waals surface area contributed by atoms with Gasteiger partial charge in [-0.25, -0.2) is 4.98 Å². The van der Waals surface area contributed by atoms with Crippen LogP contribution in [0.15, 0.2) is 42.6 Å². The molecule has 0 spiro atoms. The van der Waals surface area contributed by atoms with Crippen LogP contribution >= 0.6 is 11.6 Å². The molecule has 0 bridgehead atoms. The highest BCUT2D eigenvalue weighted by Crippen LogP contribution is 2.27. The first-order valence-electron chi connectivity index (χ1n) is 8.49. The fourth-order valence-electron chi connectivity index (χ4n) is 2.78. The molecule has 7 nitrogen and oxygen atoms in total. The minimum absolute atomic E-state index is 0.124. The van der Waals surface area contributed by atoms with E-state index in [1.54, 1.807) is 47.0 Å². The predicted octanol–water partition coefficient (Wildman–Crippen LogP) is 3.14. The van der Waals surface area contributed by atoms with Gasteiger partial charge in [-0.3, -0.25) is 14.0 Å². The Morgan fingerprint density at radius 3 is 2.74 bits per heavy atom. The molecule has 0 atom stereocenters. The highest BCUT2D eigenvalue weighted by atomic mass is 35.5. The maximum absolute atomic E-state index is 12.8. The van der Waals surface area contributed by atoms with Crippen molar-refractivity contribution in [1.82, 2.24) is 14.7 Å². The summed E-state index contributed by atoms with van der Waals surface area (Å²) in [4.78, 5) is 29.5. The zero-order chi connectivity index (χ0) is 19.0. The lowest BCUT2D eigenvalue weighted by Gasteiger charge is -2.07. The number of amides is 2. The second-order valence-electron chi connectivity index (χ2n) is 6.29. The number of aromatic nitrogens is 2. The lowest BCUT2D eigenvalue weighted by atomic mass is 10.3. The monoisotopic (exact) mass is 384 g/mol. The van der Waals surface area contributed by atoms with Crippen molar-refractivity contribution in [2.45, 2.75) is 18.9 Å². The fraction of sp³-hybridized carbons (Fsp3) is 0.211. The number of fused-ring (bicyclic) bond motifs is 1. The predicted molar refractivity (Wildman–Crippen MR) is 102 cm³/mol. The van der Waals surface area contributed by atoms with Crippen molar-refractivity contribution in [1.29, 1.82) is 0 Å². The quantitative estimate of drug-likeness (QED) is 0.707. The van der Waals surface area contributed by atoms with Crippen LogP contribution in [0.5, 0.6) is 5.75 Å². The van der Waals surface area contributed by atoms with Crippen molar-refractivity contribution < 1.29 is 14.3 Å². The van der Waals surface area contributed by atoms with Crippen LogP contribution in [0.1, 0.15) is 33.9 Å². The molecule has 1 fully saturated rings. The molecule has 2 heterocycles. The van der Waals surface area contributed by atoms with Crippen LogP contribution in [0.2, 0.25) is 5.02 Å². The number of halogens is 1. The molecular formula is C19H17ClN4O3.